The number of para-hydroxylation sites is 1. The lowest BCUT2D eigenvalue weighted by Gasteiger charge is -2.35. The Morgan fingerprint density at radius 2 is 1.67 bits per heavy atom. The Kier molecular flexibility index (Phi) is 4.96. The number of hydrogen-bond donors (Lipinski definition) is 0. The average molecular weight is 359 g/mol. The van der Waals surface area contributed by atoms with Crippen LogP contribution in [0.1, 0.15) is 5.56 Å². The Balaban J connectivity index is 1.34. The van der Waals surface area contributed by atoms with E-state index in [1.165, 1.54) is 0 Å². The number of hydrogen-bond acceptors (Lipinski definition) is 4. The number of nitrogens with zero attached hydrogens (tertiary/aromatic N) is 5. The van der Waals surface area contributed by atoms with E-state index in [0.717, 1.165) is 43.1 Å². The van der Waals surface area contributed by atoms with Crippen LogP contribution in [0.15, 0.2) is 73.3 Å². The summed E-state index contributed by atoms with van der Waals surface area (Å²) in [4.78, 5) is 20.7. The molecule has 0 spiro atoms. The minimum atomic E-state index is 0.0387. The summed E-state index contributed by atoms with van der Waals surface area (Å²) in [6.45, 7) is 3.09. The molecule has 1 amide bonds. The van der Waals surface area contributed by atoms with Gasteiger partial charge in [0.05, 0.1) is 11.9 Å². The molecule has 0 radical (unpaired) electrons. The minimum Gasteiger partial charge on any atom is -0.368 e. The summed E-state index contributed by atoms with van der Waals surface area (Å²) in [5.41, 5.74) is 3.05. The lowest BCUT2D eigenvalue weighted by atomic mass is 10.2. The van der Waals surface area contributed by atoms with Crippen LogP contribution in [0.2, 0.25) is 0 Å². The monoisotopic (exact) mass is 359 g/mol. The first-order chi connectivity index (χ1) is 13.3. The summed E-state index contributed by atoms with van der Waals surface area (Å²) >= 11 is 0. The Morgan fingerprint density at radius 3 is 2.41 bits per heavy atom. The van der Waals surface area contributed by atoms with Gasteiger partial charge in [0.2, 0.25) is 5.91 Å². The standard InChI is InChI=1S/C21H21N5O/c27-21(25-14-12-24(13-15-25)19-8-10-22-11-9-19)7-6-18-16-23-26(17-18)20-4-2-1-3-5-20/h1-11,16-17H,12-15H2/b7-6+. The zero-order chi connectivity index (χ0) is 18.5. The SMILES string of the molecule is O=C(/C=C/c1cnn(-c2ccccc2)c1)N1CCN(c2ccncc2)CC1. The van der Waals surface area contributed by atoms with Gasteiger partial charge in [0.25, 0.3) is 0 Å². The van der Waals surface area contributed by atoms with E-state index >= 15 is 0 Å². The van der Waals surface area contributed by atoms with Gasteiger partial charge in [0, 0.05) is 62.1 Å². The number of benzene rings is 1. The lowest BCUT2D eigenvalue weighted by molar-refractivity contribution is -0.126. The molecule has 6 nitrogen and oxygen atoms in total. The molecule has 136 valence electrons. The maximum Gasteiger partial charge on any atom is 0.246 e. The van der Waals surface area contributed by atoms with Crippen molar-refractivity contribution < 1.29 is 4.79 Å². The molecule has 2 aromatic heterocycles. The van der Waals surface area contributed by atoms with Gasteiger partial charge in [0.15, 0.2) is 0 Å². The smallest absolute Gasteiger partial charge is 0.246 e. The number of piperazine rings is 1. The second-order valence-corrected chi connectivity index (χ2v) is 6.40. The van der Waals surface area contributed by atoms with Crippen molar-refractivity contribution in [2.45, 2.75) is 0 Å². The van der Waals surface area contributed by atoms with Crippen molar-refractivity contribution in [2.24, 2.45) is 0 Å². The topological polar surface area (TPSA) is 54.3 Å². The Labute approximate surface area is 158 Å². The van der Waals surface area contributed by atoms with Crippen LogP contribution in [-0.2, 0) is 4.79 Å². The summed E-state index contributed by atoms with van der Waals surface area (Å²) in [6.07, 6.45) is 10.7. The molecule has 1 aliphatic rings. The van der Waals surface area contributed by atoms with Crippen LogP contribution in [0.4, 0.5) is 5.69 Å². The number of carbonyl (C=O) groups excluding carboxylic acids is 1. The Morgan fingerprint density at radius 1 is 0.926 bits per heavy atom. The fourth-order valence-corrected chi connectivity index (χ4v) is 3.16. The van der Waals surface area contributed by atoms with Gasteiger partial charge >= 0.3 is 0 Å². The Hall–Kier alpha value is -3.41. The molecule has 1 aliphatic heterocycles. The van der Waals surface area contributed by atoms with E-state index in [9.17, 15) is 4.79 Å². The van der Waals surface area contributed by atoms with Gasteiger partial charge in [-0.2, -0.15) is 5.10 Å². The predicted octanol–water partition coefficient (Wildman–Crippen LogP) is 2.63. The van der Waals surface area contributed by atoms with Gasteiger partial charge in [-0.15, -0.1) is 0 Å². The number of amides is 1. The van der Waals surface area contributed by atoms with E-state index in [4.69, 9.17) is 0 Å². The number of pyridine rings is 1. The third kappa shape index (κ3) is 4.06. The second kappa shape index (κ2) is 7.86. The van der Waals surface area contributed by atoms with Gasteiger partial charge in [0.1, 0.15) is 0 Å². The summed E-state index contributed by atoms with van der Waals surface area (Å²) in [5, 5.41) is 4.35. The van der Waals surface area contributed by atoms with Crippen LogP contribution >= 0.6 is 0 Å². The Bertz CT molecular complexity index is 912. The zero-order valence-corrected chi connectivity index (χ0v) is 15.0. The van der Waals surface area contributed by atoms with Gasteiger partial charge in [-0.1, -0.05) is 18.2 Å². The van der Waals surface area contributed by atoms with Gasteiger partial charge < -0.3 is 9.80 Å². The molecule has 3 heterocycles. The van der Waals surface area contributed by atoms with Crippen molar-refractivity contribution in [2.75, 3.05) is 31.1 Å². The first-order valence-corrected chi connectivity index (χ1v) is 9.02. The van der Waals surface area contributed by atoms with E-state index in [1.807, 2.05) is 59.6 Å². The van der Waals surface area contributed by atoms with E-state index in [-0.39, 0.29) is 5.91 Å². The van der Waals surface area contributed by atoms with E-state index in [0.29, 0.717) is 0 Å². The van der Waals surface area contributed by atoms with Crippen molar-refractivity contribution in [1.82, 2.24) is 19.7 Å². The molecule has 1 aromatic carbocycles. The van der Waals surface area contributed by atoms with Crippen LogP contribution in [0.3, 0.4) is 0 Å². The number of anilines is 1. The zero-order valence-electron chi connectivity index (χ0n) is 15.0. The minimum absolute atomic E-state index is 0.0387. The molecule has 0 atom stereocenters. The largest absolute Gasteiger partial charge is 0.368 e. The van der Waals surface area contributed by atoms with Gasteiger partial charge in [-0.25, -0.2) is 4.68 Å². The molecule has 0 N–H and O–H groups in total. The van der Waals surface area contributed by atoms with Crippen LogP contribution in [0.5, 0.6) is 0 Å². The molecule has 0 saturated carbocycles. The highest BCUT2D eigenvalue weighted by Gasteiger charge is 2.19. The van der Waals surface area contributed by atoms with Crippen molar-refractivity contribution in [3.05, 3.63) is 78.9 Å². The number of carbonyl (C=O) groups is 1. The van der Waals surface area contributed by atoms with Crippen molar-refractivity contribution >= 4 is 17.7 Å². The van der Waals surface area contributed by atoms with E-state index < -0.39 is 0 Å². The molecule has 3 aromatic rings. The fraction of sp³-hybridized carbons (Fsp3) is 0.190. The summed E-state index contributed by atoms with van der Waals surface area (Å²) in [5.74, 6) is 0.0387. The summed E-state index contributed by atoms with van der Waals surface area (Å²) in [7, 11) is 0. The molecule has 0 aliphatic carbocycles. The normalized spacial score (nSPS) is 14.7. The molecular weight excluding hydrogens is 338 g/mol. The lowest BCUT2D eigenvalue weighted by Crippen LogP contribution is -2.48. The highest BCUT2D eigenvalue weighted by molar-refractivity contribution is 5.91. The van der Waals surface area contributed by atoms with Gasteiger partial charge in [-0.3, -0.25) is 9.78 Å². The molecule has 1 fully saturated rings. The van der Waals surface area contributed by atoms with Crippen LogP contribution in [0, 0.1) is 0 Å². The van der Waals surface area contributed by atoms with E-state index in [2.05, 4.69) is 15.0 Å². The third-order valence-electron chi connectivity index (χ3n) is 4.66. The highest BCUT2D eigenvalue weighted by atomic mass is 16.2. The quantitative estimate of drug-likeness (QED) is 0.672. The molecule has 1 saturated heterocycles. The van der Waals surface area contributed by atoms with Crippen molar-refractivity contribution in [3.63, 3.8) is 0 Å². The van der Waals surface area contributed by atoms with Crippen LogP contribution in [-0.4, -0.2) is 51.8 Å². The maximum absolute atomic E-state index is 12.5. The second-order valence-electron chi connectivity index (χ2n) is 6.40. The number of aromatic nitrogens is 3. The van der Waals surface area contributed by atoms with Crippen LogP contribution in [0.25, 0.3) is 11.8 Å². The number of rotatable bonds is 4. The molecule has 4 rings (SSSR count). The first kappa shape index (κ1) is 17.0. The van der Waals surface area contributed by atoms with E-state index in [1.54, 1.807) is 29.3 Å². The summed E-state index contributed by atoms with van der Waals surface area (Å²) < 4.78 is 1.80. The predicted molar refractivity (Wildman–Crippen MR) is 106 cm³/mol. The molecule has 27 heavy (non-hydrogen) atoms. The highest BCUT2D eigenvalue weighted by Crippen LogP contribution is 2.15. The molecule has 6 heteroatoms. The molecular formula is C21H21N5O. The molecule has 0 bridgehead atoms. The fourth-order valence-electron chi connectivity index (χ4n) is 3.16. The van der Waals surface area contributed by atoms with Gasteiger partial charge in [-0.05, 0) is 30.3 Å². The molecule has 0 unspecified atom stereocenters. The van der Waals surface area contributed by atoms with Crippen molar-refractivity contribution in [1.29, 1.82) is 0 Å². The van der Waals surface area contributed by atoms with Crippen LogP contribution < -0.4 is 4.90 Å². The summed E-state index contributed by atoms with van der Waals surface area (Å²) in [6, 6.07) is 13.9. The first-order valence-electron chi connectivity index (χ1n) is 9.02. The average Bonchev–Trinajstić information content (AvgIpc) is 3.22. The maximum atomic E-state index is 12.5. The third-order valence-corrected chi connectivity index (χ3v) is 4.66. The van der Waals surface area contributed by atoms with Crippen molar-refractivity contribution in [3.8, 4) is 5.69 Å².